The number of halogens is 6. The Balaban J connectivity index is 3.03. The van der Waals surface area contributed by atoms with Crippen molar-refractivity contribution in [3.05, 3.63) is 27.3 Å². The highest BCUT2D eigenvalue weighted by atomic mass is 127. The quantitative estimate of drug-likeness (QED) is 0.470. The molecule has 8 heteroatoms. The van der Waals surface area contributed by atoms with Crippen LogP contribution < -0.4 is 5.32 Å². The summed E-state index contributed by atoms with van der Waals surface area (Å²) in [6, 6.07) is 1.11. The van der Waals surface area contributed by atoms with Crippen molar-refractivity contribution in [3.63, 3.8) is 0 Å². The van der Waals surface area contributed by atoms with Gasteiger partial charge in [-0.2, -0.15) is 13.2 Å². The van der Waals surface area contributed by atoms with Crippen LogP contribution in [0.4, 0.5) is 27.6 Å². The number of alkyl halides is 3. The largest absolute Gasteiger partial charge is 0.471 e. The van der Waals surface area contributed by atoms with E-state index in [4.69, 9.17) is 0 Å². The van der Waals surface area contributed by atoms with Crippen LogP contribution in [0.25, 0.3) is 0 Å². The van der Waals surface area contributed by atoms with Gasteiger partial charge in [-0.3, -0.25) is 4.79 Å². The number of benzene rings is 1. The lowest BCUT2D eigenvalue weighted by molar-refractivity contribution is -0.167. The van der Waals surface area contributed by atoms with Crippen LogP contribution >= 0.6 is 22.6 Å². The number of nitrogens with one attached hydrogen (secondary N) is 1. The molecule has 2 nitrogen and oxygen atoms in total. The topological polar surface area (TPSA) is 29.1 Å². The number of amides is 1. The van der Waals surface area contributed by atoms with Crippen LogP contribution in [0.3, 0.4) is 0 Å². The Morgan fingerprint density at radius 3 is 2.31 bits per heavy atom. The van der Waals surface area contributed by atoms with Crippen molar-refractivity contribution in [3.8, 4) is 0 Å². The Labute approximate surface area is 100.0 Å². The van der Waals surface area contributed by atoms with Gasteiger partial charge in [0.15, 0.2) is 0 Å². The minimum Gasteiger partial charge on any atom is -0.317 e. The van der Waals surface area contributed by atoms with Crippen LogP contribution in [0.1, 0.15) is 0 Å². The van der Waals surface area contributed by atoms with Crippen molar-refractivity contribution in [1.82, 2.24) is 0 Å². The number of hydrogen-bond donors (Lipinski definition) is 1. The van der Waals surface area contributed by atoms with Gasteiger partial charge < -0.3 is 5.32 Å². The lowest BCUT2D eigenvalue weighted by Gasteiger charge is -2.10. The molecular weight excluding hydrogens is 348 g/mol. The molecule has 0 aliphatic rings. The maximum atomic E-state index is 12.9. The van der Waals surface area contributed by atoms with E-state index in [1.54, 1.807) is 0 Å². The first-order chi connectivity index (χ1) is 7.21. The van der Waals surface area contributed by atoms with Gasteiger partial charge in [0.05, 0.1) is 9.26 Å². The van der Waals surface area contributed by atoms with Gasteiger partial charge in [-0.15, -0.1) is 0 Å². The van der Waals surface area contributed by atoms with Gasteiger partial charge in [0, 0.05) is 6.07 Å². The van der Waals surface area contributed by atoms with E-state index in [1.165, 1.54) is 27.9 Å². The maximum absolute atomic E-state index is 12.9. The predicted octanol–water partition coefficient (Wildman–Crippen LogP) is 3.07. The van der Waals surface area contributed by atoms with Crippen molar-refractivity contribution in [2.24, 2.45) is 0 Å². The van der Waals surface area contributed by atoms with Gasteiger partial charge in [-0.05, 0) is 28.7 Å². The summed E-state index contributed by atoms with van der Waals surface area (Å²) in [6.07, 6.45) is -5.11. The Bertz CT molecular complexity index is 431. The smallest absolute Gasteiger partial charge is 0.317 e. The Hall–Kier alpha value is -0.930. The van der Waals surface area contributed by atoms with Crippen LogP contribution in [0.15, 0.2) is 12.1 Å². The van der Waals surface area contributed by atoms with Gasteiger partial charge in [0.25, 0.3) is 0 Å². The molecule has 0 aliphatic heterocycles. The molecule has 1 rings (SSSR count). The predicted molar refractivity (Wildman–Crippen MR) is 53.8 cm³/mol. The average Bonchev–Trinajstić information content (AvgIpc) is 2.11. The van der Waals surface area contributed by atoms with Gasteiger partial charge in [0.2, 0.25) is 0 Å². The minimum atomic E-state index is -5.11. The normalized spacial score (nSPS) is 11.4. The van der Waals surface area contributed by atoms with Crippen LogP contribution in [0.2, 0.25) is 0 Å². The van der Waals surface area contributed by atoms with E-state index in [2.05, 4.69) is 0 Å². The maximum Gasteiger partial charge on any atom is 0.471 e. The van der Waals surface area contributed by atoms with E-state index < -0.39 is 29.4 Å². The van der Waals surface area contributed by atoms with Crippen molar-refractivity contribution >= 4 is 34.2 Å². The van der Waals surface area contributed by atoms with Crippen molar-refractivity contribution < 1.29 is 26.7 Å². The fraction of sp³-hybridized carbons (Fsp3) is 0.125. The molecule has 0 radical (unpaired) electrons. The van der Waals surface area contributed by atoms with E-state index in [0.29, 0.717) is 12.1 Å². The number of carbonyl (C=O) groups excluding carboxylic acids is 1. The third kappa shape index (κ3) is 3.03. The summed E-state index contributed by atoms with van der Waals surface area (Å²) in [4.78, 5) is 10.5. The summed E-state index contributed by atoms with van der Waals surface area (Å²) in [5.41, 5.74) is -0.555. The van der Waals surface area contributed by atoms with Crippen LogP contribution in [-0.2, 0) is 4.79 Å². The highest BCUT2D eigenvalue weighted by molar-refractivity contribution is 14.1. The molecule has 0 aromatic heterocycles. The molecule has 0 bridgehead atoms. The summed E-state index contributed by atoms with van der Waals surface area (Å²) in [7, 11) is 0. The van der Waals surface area contributed by atoms with Crippen LogP contribution in [0, 0.1) is 15.2 Å². The Kier molecular flexibility index (Phi) is 3.71. The van der Waals surface area contributed by atoms with Crippen molar-refractivity contribution in [2.45, 2.75) is 6.18 Å². The molecule has 1 aromatic carbocycles. The molecule has 0 aliphatic carbocycles. The third-order valence-corrected chi connectivity index (χ3v) is 2.60. The summed E-state index contributed by atoms with van der Waals surface area (Å²) < 4.78 is 60.9. The molecular formula is C8H3F5INO. The Morgan fingerprint density at radius 2 is 1.81 bits per heavy atom. The number of hydrogen-bond acceptors (Lipinski definition) is 1. The average molecular weight is 351 g/mol. The summed E-state index contributed by atoms with van der Waals surface area (Å²) >= 11 is 1.36. The molecule has 0 unspecified atom stereocenters. The second-order valence-electron chi connectivity index (χ2n) is 2.70. The monoisotopic (exact) mass is 351 g/mol. The fourth-order valence-corrected chi connectivity index (χ4v) is 1.29. The Morgan fingerprint density at radius 1 is 1.25 bits per heavy atom. The van der Waals surface area contributed by atoms with Gasteiger partial charge in [-0.25, -0.2) is 8.78 Å². The highest BCUT2D eigenvalue weighted by Crippen LogP contribution is 2.25. The van der Waals surface area contributed by atoms with Crippen molar-refractivity contribution in [1.29, 1.82) is 0 Å². The van der Waals surface area contributed by atoms with Gasteiger partial charge in [-0.1, -0.05) is 0 Å². The number of rotatable bonds is 1. The molecule has 0 heterocycles. The highest BCUT2D eigenvalue weighted by Gasteiger charge is 2.39. The molecule has 0 atom stereocenters. The molecule has 0 spiro atoms. The van der Waals surface area contributed by atoms with E-state index in [-0.39, 0.29) is 3.57 Å². The van der Waals surface area contributed by atoms with Gasteiger partial charge >= 0.3 is 12.1 Å². The third-order valence-electron chi connectivity index (χ3n) is 1.50. The van der Waals surface area contributed by atoms with E-state index in [1.807, 2.05) is 0 Å². The molecule has 0 fully saturated rings. The summed E-state index contributed by atoms with van der Waals surface area (Å²) in [6.45, 7) is 0. The number of carbonyl (C=O) groups is 1. The van der Waals surface area contributed by atoms with E-state index in [0.717, 1.165) is 0 Å². The fourth-order valence-electron chi connectivity index (χ4n) is 0.840. The van der Waals surface area contributed by atoms with Crippen LogP contribution in [-0.4, -0.2) is 12.1 Å². The zero-order valence-electron chi connectivity index (χ0n) is 7.33. The first-order valence-corrected chi connectivity index (χ1v) is 4.82. The second kappa shape index (κ2) is 4.52. The number of anilines is 1. The lowest BCUT2D eigenvalue weighted by atomic mass is 10.3. The van der Waals surface area contributed by atoms with E-state index >= 15 is 0 Å². The van der Waals surface area contributed by atoms with Crippen molar-refractivity contribution in [2.75, 3.05) is 5.32 Å². The van der Waals surface area contributed by atoms with E-state index in [9.17, 15) is 26.7 Å². The zero-order chi connectivity index (χ0) is 12.5. The molecule has 1 aromatic rings. The lowest BCUT2D eigenvalue weighted by Crippen LogP contribution is -2.30. The summed E-state index contributed by atoms with van der Waals surface area (Å²) in [5, 5.41) is 1.38. The molecule has 1 amide bonds. The molecule has 0 saturated carbocycles. The van der Waals surface area contributed by atoms with Gasteiger partial charge in [0.1, 0.15) is 11.6 Å². The summed E-state index contributed by atoms with van der Waals surface area (Å²) in [5.74, 6) is -4.40. The first-order valence-electron chi connectivity index (χ1n) is 3.74. The van der Waals surface area contributed by atoms with Crippen LogP contribution in [0.5, 0.6) is 0 Å². The molecule has 16 heavy (non-hydrogen) atoms. The molecule has 0 saturated heterocycles. The SMILES string of the molecule is O=C(Nc1cc(F)cc(F)c1I)C(F)(F)F. The standard InChI is InChI=1S/C8H3F5INO/c9-3-1-4(10)6(14)5(2-3)15-7(16)8(11,12)13/h1-2H,(H,15,16). The minimum absolute atomic E-state index is 0.295. The molecule has 88 valence electrons. The molecule has 1 N–H and O–H groups in total. The second-order valence-corrected chi connectivity index (χ2v) is 3.78. The zero-order valence-corrected chi connectivity index (χ0v) is 9.49. The first kappa shape index (κ1) is 13.1.